The quantitative estimate of drug-likeness (QED) is 0.430. The predicted octanol–water partition coefficient (Wildman–Crippen LogP) is 3.54. The summed E-state index contributed by atoms with van der Waals surface area (Å²) in [5, 5.41) is 3.15. The molecule has 30 heavy (non-hydrogen) atoms. The molecule has 0 saturated carbocycles. The largest absolute Gasteiger partial charge is 0.488 e. The van der Waals surface area contributed by atoms with Crippen molar-refractivity contribution in [1.82, 2.24) is 5.32 Å². The van der Waals surface area contributed by atoms with Crippen LogP contribution in [0.25, 0.3) is 0 Å². The normalized spacial score (nSPS) is 10.2. The van der Waals surface area contributed by atoms with E-state index in [4.69, 9.17) is 25.8 Å². The van der Waals surface area contributed by atoms with Crippen molar-refractivity contribution in [3.05, 3.63) is 64.7 Å². The first kappa shape index (κ1) is 23.2. The molecule has 0 spiro atoms. The smallest absolute Gasteiger partial charge is 0.342 e. The number of benzene rings is 2. The molecule has 0 atom stereocenters. The van der Waals surface area contributed by atoms with Crippen molar-refractivity contribution in [2.45, 2.75) is 26.4 Å². The van der Waals surface area contributed by atoms with Gasteiger partial charge in [-0.3, -0.25) is 9.59 Å². The summed E-state index contributed by atoms with van der Waals surface area (Å²) < 4.78 is 15.6. The third-order valence-corrected chi connectivity index (χ3v) is 4.34. The van der Waals surface area contributed by atoms with E-state index in [2.05, 4.69) is 5.32 Å². The van der Waals surface area contributed by atoms with Gasteiger partial charge in [0.15, 0.2) is 6.61 Å². The van der Waals surface area contributed by atoms with Crippen LogP contribution in [0.5, 0.6) is 5.75 Å². The van der Waals surface area contributed by atoms with E-state index in [0.717, 1.165) is 5.56 Å². The fraction of sp³-hybridized carbons (Fsp3) is 0.318. The third-order valence-electron chi connectivity index (χ3n) is 3.97. The molecule has 1 amide bonds. The summed E-state index contributed by atoms with van der Waals surface area (Å²) in [4.78, 5) is 35.4. The average Bonchev–Trinajstić information content (AvgIpc) is 2.75. The highest BCUT2D eigenvalue weighted by Crippen LogP contribution is 2.22. The number of rotatable bonds is 11. The van der Waals surface area contributed by atoms with E-state index in [-0.39, 0.29) is 31.1 Å². The summed E-state index contributed by atoms with van der Waals surface area (Å²) in [5.74, 6) is -1.11. The van der Waals surface area contributed by atoms with Gasteiger partial charge in [-0.15, -0.1) is 0 Å². The van der Waals surface area contributed by atoms with Crippen molar-refractivity contribution in [2.75, 3.05) is 19.8 Å². The lowest BCUT2D eigenvalue weighted by molar-refractivity contribution is -0.143. The second-order valence-electron chi connectivity index (χ2n) is 6.21. The first-order chi connectivity index (χ1) is 14.5. The number of esters is 2. The first-order valence-corrected chi connectivity index (χ1v) is 9.93. The van der Waals surface area contributed by atoms with Gasteiger partial charge in [0.25, 0.3) is 5.91 Å². The SMILES string of the molecule is CCOC(=O)CCCNC(=O)COC(=O)c1ccccc1OCc1ccccc1Cl. The van der Waals surface area contributed by atoms with Crippen LogP contribution in [0, 0.1) is 0 Å². The van der Waals surface area contributed by atoms with Crippen LogP contribution in [0.15, 0.2) is 48.5 Å². The second kappa shape index (κ2) is 12.5. The van der Waals surface area contributed by atoms with E-state index in [1.165, 1.54) is 0 Å². The molecule has 0 aliphatic heterocycles. The van der Waals surface area contributed by atoms with Crippen molar-refractivity contribution in [2.24, 2.45) is 0 Å². The third kappa shape index (κ3) is 7.75. The Morgan fingerprint density at radius 2 is 1.73 bits per heavy atom. The second-order valence-corrected chi connectivity index (χ2v) is 6.62. The molecule has 0 aromatic heterocycles. The van der Waals surface area contributed by atoms with Gasteiger partial charge in [0, 0.05) is 23.6 Å². The van der Waals surface area contributed by atoms with Gasteiger partial charge in [-0.25, -0.2) is 4.79 Å². The molecule has 0 heterocycles. The molecule has 0 aliphatic carbocycles. The molecule has 0 bridgehead atoms. The molecule has 0 aliphatic rings. The Hall–Kier alpha value is -3.06. The van der Waals surface area contributed by atoms with Gasteiger partial charge >= 0.3 is 11.9 Å². The maximum Gasteiger partial charge on any atom is 0.342 e. The average molecular weight is 434 g/mol. The van der Waals surface area contributed by atoms with Gasteiger partial charge in [0.05, 0.1) is 6.61 Å². The Labute approximate surface area is 180 Å². The number of ether oxygens (including phenoxy) is 3. The van der Waals surface area contributed by atoms with E-state index in [9.17, 15) is 14.4 Å². The fourth-order valence-corrected chi connectivity index (χ4v) is 2.68. The van der Waals surface area contributed by atoms with Gasteiger partial charge in [-0.05, 0) is 31.5 Å². The molecule has 0 saturated heterocycles. The molecular formula is C22H24ClNO6. The molecule has 7 nitrogen and oxygen atoms in total. The maximum atomic E-state index is 12.4. The number of para-hydroxylation sites is 1. The molecule has 2 rings (SSSR count). The predicted molar refractivity (Wildman–Crippen MR) is 111 cm³/mol. The van der Waals surface area contributed by atoms with E-state index < -0.39 is 18.5 Å². The van der Waals surface area contributed by atoms with E-state index in [1.807, 2.05) is 18.2 Å². The lowest BCUT2D eigenvalue weighted by Gasteiger charge is -2.12. The number of amides is 1. The topological polar surface area (TPSA) is 90.9 Å². The Morgan fingerprint density at radius 1 is 1.00 bits per heavy atom. The summed E-state index contributed by atoms with van der Waals surface area (Å²) in [6, 6.07) is 13.9. The number of carbonyl (C=O) groups excluding carboxylic acids is 3. The van der Waals surface area contributed by atoms with Crippen molar-refractivity contribution >= 4 is 29.4 Å². The Bertz CT molecular complexity index is 870. The van der Waals surface area contributed by atoms with Crippen molar-refractivity contribution in [3.63, 3.8) is 0 Å². The Balaban J connectivity index is 1.80. The van der Waals surface area contributed by atoms with Gasteiger partial charge in [-0.1, -0.05) is 41.9 Å². The molecule has 160 valence electrons. The lowest BCUT2D eigenvalue weighted by Crippen LogP contribution is -2.30. The summed E-state index contributed by atoms with van der Waals surface area (Å²) >= 11 is 6.12. The van der Waals surface area contributed by atoms with Gasteiger partial charge < -0.3 is 19.5 Å². The van der Waals surface area contributed by atoms with Crippen LogP contribution in [0.4, 0.5) is 0 Å². The highest BCUT2D eigenvalue weighted by atomic mass is 35.5. The zero-order valence-electron chi connectivity index (χ0n) is 16.7. The van der Waals surface area contributed by atoms with Crippen molar-refractivity contribution in [1.29, 1.82) is 0 Å². The van der Waals surface area contributed by atoms with Gasteiger partial charge in [0.1, 0.15) is 17.9 Å². The summed E-state index contributed by atoms with van der Waals surface area (Å²) in [6.45, 7) is 2.09. The van der Waals surface area contributed by atoms with Crippen LogP contribution in [0.2, 0.25) is 5.02 Å². The van der Waals surface area contributed by atoms with E-state index in [0.29, 0.717) is 23.8 Å². The zero-order chi connectivity index (χ0) is 21.8. The number of hydrogen-bond donors (Lipinski definition) is 1. The van der Waals surface area contributed by atoms with Gasteiger partial charge in [0.2, 0.25) is 0 Å². The summed E-state index contributed by atoms with van der Waals surface area (Å²) in [5.41, 5.74) is 0.990. The van der Waals surface area contributed by atoms with Crippen molar-refractivity contribution < 1.29 is 28.6 Å². The maximum absolute atomic E-state index is 12.4. The van der Waals surface area contributed by atoms with E-state index in [1.54, 1.807) is 37.3 Å². The molecule has 0 fully saturated rings. The zero-order valence-corrected chi connectivity index (χ0v) is 17.4. The summed E-state index contributed by atoms with van der Waals surface area (Å²) in [6.07, 6.45) is 0.654. The molecular weight excluding hydrogens is 410 g/mol. The number of nitrogens with one attached hydrogen (secondary N) is 1. The minimum Gasteiger partial charge on any atom is -0.488 e. The highest BCUT2D eigenvalue weighted by Gasteiger charge is 2.15. The number of hydrogen-bond acceptors (Lipinski definition) is 6. The first-order valence-electron chi connectivity index (χ1n) is 9.56. The van der Waals surface area contributed by atoms with Crippen LogP contribution >= 0.6 is 11.6 Å². The monoisotopic (exact) mass is 433 g/mol. The summed E-state index contributed by atoms with van der Waals surface area (Å²) in [7, 11) is 0. The van der Waals surface area contributed by atoms with Crippen LogP contribution in [-0.4, -0.2) is 37.6 Å². The molecule has 2 aromatic carbocycles. The molecule has 2 aromatic rings. The minimum absolute atomic E-state index is 0.185. The van der Waals surface area contributed by atoms with Crippen LogP contribution in [0.1, 0.15) is 35.7 Å². The van der Waals surface area contributed by atoms with Crippen LogP contribution in [0.3, 0.4) is 0 Å². The fourth-order valence-electron chi connectivity index (χ4n) is 2.49. The standard InChI is InChI=1S/C22H24ClNO6/c1-2-28-21(26)12-7-13-24-20(25)15-30-22(27)17-9-4-6-11-19(17)29-14-16-8-3-5-10-18(16)23/h3-6,8-11H,2,7,12-15H2,1H3,(H,24,25). The number of halogens is 1. The molecule has 0 unspecified atom stereocenters. The lowest BCUT2D eigenvalue weighted by atomic mass is 10.2. The number of carbonyl (C=O) groups is 3. The molecule has 1 N–H and O–H groups in total. The minimum atomic E-state index is -0.675. The Morgan fingerprint density at radius 3 is 2.50 bits per heavy atom. The molecule has 8 heteroatoms. The van der Waals surface area contributed by atoms with Crippen LogP contribution in [-0.2, 0) is 25.7 Å². The Kier molecular flexibility index (Phi) is 9.67. The molecule has 0 radical (unpaired) electrons. The van der Waals surface area contributed by atoms with Gasteiger partial charge in [-0.2, -0.15) is 0 Å². The van der Waals surface area contributed by atoms with Crippen molar-refractivity contribution in [3.8, 4) is 5.75 Å². The van der Waals surface area contributed by atoms with Crippen LogP contribution < -0.4 is 10.1 Å². The van der Waals surface area contributed by atoms with E-state index >= 15 is 0 Å². The highest BCUT2D eigenvalue weighted by molar-refractivity contribution is 6.31.